The quantitative estimate of drug-likeness (QED) is 0.565. The van der Waals surface area contributed by atoms with Crippen molar-refractivity contribution in [3.8, 4) is 11.5 Å². The number of hydrogen-bond donors (Lipinski definition) is 3. The lowest BCUT2D eigenvalue weighted by Gasteiger charge is -2.06. The maximum Gasteiger partial charge on any atom is 0.280 e. The van der Waals surface area contributed by atoms with Gasteiger partial charge in [0.25, 0.3) is 5.56 Å². The number of anilines is 1. The number of phenolic OH excluding ortho intramolecular Hbond substituents is 1. The number of ether oxygens (including phenoxy) is 1. The summed E-state index contributed by atoms with van der Waals surface area (Å²) in [5.41, 5.74) is 3.53. The van der Waals surface area contributed by atoms with Gasteiger partial charge in [-0.25, -0.2) is 5.10 Å². The maximum absolute atomic E-state index is 11.3. The van der Waals surface area contributed by atoms with Crippen molar-refractivity contribution in [2.24, 2.45) is 5.10 Å². The summed E-state index contributed by atoms with van der Waals surface area (Å²) in [7, 11) is 0. The summed E-state index contributed by atoms with van der Waals surface area (Å²) in [5, 5.41) is 19.6. The Bertz CT molecular complexity index is 715. The van der Waals surface area contributed by atoms with Gasteiger partial charge in [-0.05, 0) is 46.6 Å². The number of halogens is 1. The van der Waals surface area contributed by atoms with Crippen molar-refractivity contribution in [1.82, 2.24) is 10.2 Å². The Hall–Kier alpha value is -2.35. The monoisotopic (exact) mass is 352 g/mol. The van der Waals surface area contributed by atoms with Crippen molar-refractivity contribution in [3.05, 3.63) is 44.8 Å². The number of rotatable bonds is 5. The molecule has 0 saturated carbocycles. The topological polar surface area (TPSA) is 99.6 Å². The fraction of sp³-hybridized carbons (Fsp3) is 0.154. The first-order valence-corrected chi connectivity index (χ1v) is 6.89. The standard InChI is InChI=1S/C13H13BrN4O3/c1-2-21-11-5-8(3-4-10(11)19)6-15-17-9-7-16-18-13(20)12(9)14/h3-7,19H,2H2,1H3,(H2,17,18,20). The molecule has 0 radical (unpaired) electrons. The van der Waals surface area contributed by atoms with Gasteiger partial charge >= 0.3 is 0 Å². The number of hydrazone groups is 1. The Kier molecular flexibility index (Phi) is 4.94. The lowest BCUT2D eigenvalue weighted by atomic mass is 10.2. The highest BCUT2D eigenvalue weighted by Gasteiger charge is 2.03. The molecule has 8 heteroatoms. The SMILES string of the molecule is CCOc1cc(C=NNc2cn[nH]c(=O)c2Br)ccc1O. The van der Waals surface area contributed by atoms with E-state index in [2.05, 4.69) is 36.7 Å². The average molecular weight is 353 g/mol. The number of hydrogen-bond acceptors (Lipinski definition) is 6. The van der Waals surface area contributed by atoms with Crippen molar-refractivity contribution in [1.29, 1.82) is 0 Å². The molecule has 0 aliphatic carbocycles. The average Bonchev–Trinajstić information content (AvgIpc) is 2.47. The second-order valence-electron chi connectivity index (χ2n) is 3.96. The molecule has 0 atom stereocenters. The number of aromatic nitrogens is 2. The lowest BCUT2D eigenvalue weighted by molar-refractivity contribution is 0.318. The number of H-pyrrole nitrogens is 1. The van der Waals surface area contributed by atoms with Gasteiger partial charge in [0, 0.05) is 0 Å². The minimum atomic E-state index is -0.349. The van der Waals surface area contributed by atoms with Crippen molar-refractivity contribution < 1.29 is 9.84 Å². The van der Waals surface area contributed by atoms with E-state index in [1.54, 1.807) is 12.1 Å². The number of benzene rings is 1. The zero-order chi connectivity index (χ0) is 15.2. The third-order valence-electron chi connectivity index (χ3n) is 2.48. The smallest absolute Gasteiger partial charge is 0.280 e. The summed E-state index contributed by atoms with van der Waals surface area (Å²) in [6, 6.07) is 4.88. The number of aromatic amines is 1. The van der Waals surface area contributed by atoms with Gasteiger partial charge in [0.05, 0.1) is 24.7 Å². The van der Waals surface area contributed by atoms with Crippen LogP contribution in [0.1, 0.15) is 12.5 Å². The van der Waals surface area contributed by atoms with E-state index in [-0.39, 0.29) is 11.3 Å². The van der Waals surface area contributed by atoms with E-state index in [1.807, 2.05) is 6.92 Å². The second kappa shape index (κ2) is 6.89. The first-order valence-electron chi connectivity index (χ1n) is 6.10. The van der Waals surface area contributed by atoms with Gasteiger partial charge < -0.3 is 9.84 Å². The minimum absolute atomic E-state index is 0.0727. The summed E-state index contributed by atoms with van der Waals surface area (Å²) in [5.74, 6) is 0.462. The van der Waals surface area contributed by atoms with Crippen LogP contribution in [0.2, 0.25) is 0 Å². The van der Waals surface area contributed by atoms with Crippen LogP contribution in [-0.2, 0) is 0 Å². The Morgan fingerprint density at radius 2 is 2.38 bits per heavy atom. The molecular formula is C13H13BrN4O3. The van der Waals surface area contributed by atoms with Crippen molar-refractivity contribution >= 4 is 27.8 Å². The van der Waals surface area contributed by atoms with E-state index in [4.69, 9.17) is 4.74 Å². The highest BCUT2D eigenvalue weighted by Crippen LogP contribution is 2.26. The molecule has 1 aromatic heterocycles. The van der Waals surface area contributed by atoms with Crippen molar-refractivity contribution in [2.45, 2.75) is 6.92 Å². The van der Waals surface area contributed by atoms with Crippen LogP contribution < -0.4 is 15.7 Å². The summed E-state index contributed by atoms with van der Waals surface area (Å²) in [6.45, 7) is 2.29. The molecule has 0 aliphatic rings. The summed E-state index contributed by atoms with van der Waals surface area (Å²) >= 11 is 3.14. The van der Waals surface area contributed by atoms with Crippen LogP contribution >= 0.6 is 15.9 Å². The summed E-state index contributed by atoms with van der Waals surface area (Å²) < 4.78 is 5.60. The van der Waals surface area contributed by atoms with Crippen molar-refractivity contribution in [2.75, 3.05) is 12.0 Å². The first-order chi connectivity index (χ1) is 10.1. The second-order valence-corrected chi connectivity index (χ2v) is 4.75. The lowest BCUT2D eigenvalue weighted by Crippen LogP contribution is -2.10. The minimum Gasteiger partial charge on any atom is -0.504 e. The third kappa shape index (κ3) is 3.82. The van der Waals surface area contributed by atoms with Crippen LogP contribution in [0, 0.1) is 0 Å². The Labute approximate surface area is 128 Å². The van der Waals surface area contributed by atoms with Crippen LogP contribution in [0.15, 0.2) is 38.8 Å². The molecular weight excluding hydrogens is 340 g/mol. The fourth-order valence-electron chi connectivity index (χ4n) is 1.52. The molecule has 0 unspecified atom stereocenters. The van der Waals surface area contributed by atoms with Gasteiger partial charge in [0.15, 0.2) is 11.5 Å². The molecule has 0 fully saturated rings. The third-order valence-corrected chi connectivity index (χ3v) is 3.27. The fourth-order valence-corrected chi connectivity index (χ4v) is 1.80. The zero-order valence-corrected chi connectivity index (χ0v) is 12.7. The molecule has 7 nitrogen and oxygen atoms in total. The van der Waals surface area contributed by atoms with E-state index in [1.165, 1.54) is 18.5 Å². The van der Waals surface area contributed by atoms with Gasteiger partial charge in [0.1, 0.15) is 4.47 Å². The van der Waals surface area contributed by atoms with Crippen LogP contribution in [-0.4, -0.2) is 28.1 Å². The predicted molar refractivity (Wildman–Crippen MR) is 83.1 cm³/mol. The molecule has 0 saturated heterocycles. The molecule has 0 bridgehead atoms. The summed E-state index contributed by atoms with van der Waals surface area (Å²) in [6.07, 6.45) is 2.97. The molecule has 0 aliphatic heterocycles. The molecule has 0 amide bonds. The van der Waals surface area contributed by atoms with E-state index in [0.29, 0.717) is 22.5 Å². The molecule has 21 heavy (non-hydrogen) atoms. The number of nitrogens with zero attached hydrogens (tertiary/aromatic N) is 2. The number of aromatic hydroxyl groups is 1. The maximum atomic E-state index is 11.3. The highest BCUT2D eigenvalue weighted by atomic mass is 79.9. The predicted octanol–water partition coefficient (Wildman–Crippen LogP) is 2.08. The van der Waals surface area contributed by atoms with E-state index >= 15 is 0 Å². The molecule has 0 spiro atoms. The van der Waals surface area contributed by atoms with Gasteiger partial charge in [-0.1, -0.05) is 0 Å². The Morgan fingerprint density at radius 1 is 1.57 bits per heavy atom. The van der Waals surface area contributed by atoms with Gasteiger partial charge in [-0.15, -0.1) is 0 Å². The number of nitrogens with one attached hydrogen (secondary N) is 2. The Balaban J connectivity index is 2.13. The van der Waals surface area contributed by atoms with Gasteiger partial charge in [0.2, 0.25) is 0 Å². The highest BCUT2D eigenvalue weighted by molar-refractivity contribution is 9.10. The van der Waals surface area contributed by atoms with E-state index in [9.17, 15) is 9.90 Å². The number of phenols is 1. The van der Waals surface area contributed by atoms with Crippen LogP contribution in [0.5, 0.6) is 11.5 Å². The largest absolute Gasteiger partial charge is 0.504 e. The van der Waals surface area contributed by atoms with Crippen LogP contribution in [0.3, 0.4) is 0 Å². The molecule has 110 valence electrons. The normalized spacial score (nSPS) is 10.8. The molecule has 2 rings (SSSR count). The van der Waals surface area contributed by atoms with Crippen LogP contribution in [0.4, 0.5) is 5.69 Å². The molecule has 2 aromatic rings. The van der Waals surface area contributed by atoms with E-state index in [0.717, 1.165) is 5.56 Å². The molecule has 1 aromatic carbocycles. The zero-order valence-electron chi connectivity index (χ0n) is 11.1. The van der Waals surface area contributed by atoms with E-state index < -0.39 is 0 Å². The van der Waals surface area contributed by atoms with Gasteiger partial charge in [-0.3, -0.25) is 10.2 Å². The van der Waals surface area contributed by atoms with Gasteiger partial charge in [-0.2, -0.15) is 10.2 Å². The summed E-state index contributed by atoms with van der Waals surface area (Å²) in [4.78, 5) is 11.3. The molecule has 1 heterocycles. The van der Waals surface area contributed by atoms with Crippen LogP contribution in [0.25, 0.3) is 0 Å². The molecule has 3 N–H and O–H groups in total. The first kappa shape index (κ1) is 15.0. The Morgan fingerprint density at radius 3 is 3.14 bits per heavy atom. The van der Waals surface area contributed by atoms with Crippen molar-refractivity contribution in [3.63, 3.8) is 0 Å².